The molecule has 1 spiro atoms. The van der Waals surface area contributed by atoms with E-state index in [1.54, 1.807) is 11.8 Å². The third-order valence-corrected chi connectivity index (χ3v) is 7.93. The molecule has 3 rings (SSSR count). The highest BCUT2D eigenvalue weighted by Crippen LogP contribution is 2.60. The lowest BCUT2D eigenvalue weighted by Crippen LogP contribution is -2.59. The highest BCUT2D eigenvalue weighted by atomic mass is 79.9. The van der Waals surface area contributed by atoms with Gasteiger partial charge in [-0.15, -0.1) is 0 Å². The number of unbranched alkanes of at least 4 members (excludes halogenated alkanes) is 2. The number of likely N-dealkylation sites (tertiary alicyclic amines) is 1. The minimum atomic E-state index is -1.06. The van der Waals surface area contributed by atoms with Crippen LogP contribution in [0, 0.1) is 17.3 Å². The molecule has 2 amide bonds. The number of rotatable bonds is 10. The second-order valence-corrected chi connectivity index (χ2v) is 13.0. The average molecular weight is 546 g/mol. The molecule has 0 aromatic carbocycles. The predicted molar refractivity (Wildman–Crippen MR) is 131 cm³/mol. The lowest BCUT2D eigenvalue weighted by atomic mass is 9.70. The molecule has 3 saturated heterocycles. The van der Waals surface area contributed by atoms with Crippen molar-refractivity contribution in [3.63, 3.8) is 0 Å². The van der Waals surface area contributed by atoms with Crippen LogP contribution in [-0.4, -0.2) is 75.7 Å². The maximum Gasteiger partial charge on any atom is 0.312 e. The first-order valence-corrected chi connectivity index (χ1v) is 13.4. The van der Waals surface area contributed by atoms with Crippen molar-refractivity contribution in [3.05, 3.63) is 0 Å². The van der Waals surface area contributed by atoms with Gasteiger partial charge in [0.15, 0.2) is 0 Å². The van der Waals surface area contributed by atoms with Crippen LogP contribution in [0.3, 0.4) is 0 Å². The Morgan fingerprint density at radius 2 is 1.91 bits per heavy atom. The monoisotopic (exact) mass is 544 g/mol. The van der Waals surface area contributed by atoms with Crippen molar-refractivity contribution in [1.82, 2.24) is 10.2 Å². The van der Waals surface area contributed by atoms with Gasteiger partial charge in [-0.2, -0.15) is 0 Å². The molecule has 0 radical (unpaired) electrons. The van der Waals surface area contributed by atoms with Crippen LogP contribution in [0.5, 0.6) is 0 Å². The summed E-state index contributed by atoms with van der Waals surface area (Å²) in [6.45, 7) is 12.8. The van der Waals surface area contributed by atoms with E-state index < -0.39 is 41.1 Å². The Morgan fingerprint density at radius 3 is 2.50 bits per heavy atom. The smallest absolute Gasteiger partial charge is 0.312 e. The first-order valence-electron chi connectivity index (χ1n) is 12.5. The SMILES string of the molecule is CCOC(=O)[C@H]1[C@@H]2O[C@@]3(CC2Br)[C@@H]1C(=O)N(CCCCCO)[C@@H]3C(=O)NC(C)(C)CC(C)(C)C. The normalized spacial score (nSPS) is 32.8. The first kappa shape index (κ1) is 27.4. The zero-order chi connectivity index (χ0) is 25.5. The topological polar surface area (TPSA) is 105 Å². The van der Waals surface area contributed by atoms with Gasteiger partial charge in [-0.05, 0) is 58.3 Å². The van der Waals surface area contributed by atoms with Crippen molar-refractivity contribution in [3.8, 4) is 0 Å². The number of carbonyl (C=O) groups excluding carboxylic acids is 3. The van der Waals surface area contributed by atoms with Crippen molar-refractivity contribution in [2.75, 3.05) is 19.8 Å². The molecule has 0 aliphatic carbocycles. The molecule has 2 bridgehead atoms. The van der Waals surface area contributed by atoms with E-state index in [4.69, 9.17) is 14.6 Å². The molecule has 0 saturated carbocycles. The standard InChI is InChI=1S/C25H41BrN2O6/c1-7-33-22(32)16-17-21(31)28(11-9-8-10-12-29)19(25(17)13-15(26)18(16)34-25)20(30)27-24(5,6)14-23(2,3)4/h15-19,29H,7-14H2,1-6H3,(H,27,30)/t15?,16-,17+,18-,19-,25+/m1/s1. The van der Waals surface area contributed by atoms with Crippen molar-refractivity contribution in [2.24, 2.45) is 17.3 Å². The average Bonchev–Trinajstić information content (AvgIpc) is 3.26. The second kappa shape index (κ2) is 10.1. The number of ether oxygens (including phenoxy) is 2. The molecule has 3 fully saturated rings. The summed E-state index contributed by atoms with van der Waals surface area (Å²) in [4.78, 5) is 42.0. The number of nitrogens with one attached hydrogen (secondary N) is 1. The van der Waals surface area contributed by atoms with Crippen LogP contribution in [0.2, 0.25) is 0 Å². The molecule has 3 heterocycles. The molecule has 2 N–H and O–H groups in total. The molecule has 0 aromatic heterocycles. The van der Waals surface area contributed by atoms with Crippen molar-refractivity contribution in [1.29, 1.82) is 0 Å². The molecule has 3 aliphatic heterocycles. The summed E-state index contributed by atoms with van der Waals surface area (Å²) in [7, 11) is 0. The molecule has 194 valence electrons. The number of aliphatic hydroxyl groups excluding tert-OH is 1. The van der Waals surface area contributed by atoms with E-state index in [1.165, 1.54) is 0 Å². The summed E-state index contributed by atoms with van der Waals surface area (Å²) in [6.07, 6.45) is 2.79. The molecule has 0 aromatic rings. The number of hydrogen-bond donors (Lipinski definition) is 2. The molecule has 9 heteroatoms. The van der Waals surface area contributed by atoms with E-state index in [0.29, 0.717) is 25.8 Å². The maximum absolute atomic E-state index is 13.9. The zero-order valence-corrected chi connectivity index (χ0v) is 22.9. The quantitative estimate of drug-likeness (QED) is 0.249. The van der Waals surface area contributed by atoms with Crippen LogP contribution in [0.15, 0.2) is 0 Å². The molecule has 34 heavy (non-hydrogen) atoms. The fraction of sp³-hybridized carbons (Fsp3) is 0.880. The number of aliphatic hydroxyl groups is 1. The minimum absolute atomic E-state index is 0.00531. The van der Waals surface area contributed by atoms with Crippen LogP contribution < -0.4 is 5.32 Å². The van der Waals surface area contributed by atoms with Gasteiger partial charge in [0.1, 0.15) is 11.6 Å². The summed E-state index contributed by atoms with van der Waals surface area (Å²) in [5, 5.41) is 12.3. The van der Waals surface area contributed by atoms with Gasteiger partial charge < -0.3 is 24.8 Å². The molecule has 1 unspecified atom stereocenters. The molecule has 6 atom stereocenters. The van der Waals surface area contributed by atoms with Gasteiger partial charge >= 0.3 is 5.97 Å². The number of esters is 1. The van der Waals surface area contributed by atoms with Gasteiger partial charge in [-0.3, -0.25) is 14.4 Å². The second-order valence-electron chi connectivity index (χ2n) is 11.8. The highest BCUT2D eigenvalue weighted by Gasteiger charge is 2.76. The van der Waals surface area contributed by atoms with E-state index in [0.717, 1.165) is 12.8 Å². The Hall–Kier alpha value is -1.19. The van der Waals surface area contributed by atoms with Gasteiger partial charge in [-0.25, -0.2) is 0 Å². The lowest BCUT2D eigenvalue weighted by molar-refractivity contribution is -0.154. The van der Waals surface area contributed by atoms with Crippen LogP contribution in [0.4, 0.5) is 0 Å². The predicted octanol–water partition coefficient (Wildman–Crippen LogP) is 2.79. The fourth-order valence-electron chi connectivity index (χ4n) is 6.52. The number of amides is 2. The first-order chi connectivity index (χ1) is 15.8. The van der Waals surface area contributed by atoms with Gasteiger partial charge in [0, 0.05) is 23.5 Å². The maximum atomic E-state index is 13.9. The van der Waals surface area contributed by atoms with Crippen LogP contribution in [0.25, 0.3) is 0 Å². The van der Waals surface area contributed by atoms with Gasteiger partial charge in [0.25, 0.3) is 0 Å². The van der Waals surface area contributed by atoms with E-state index in [9.17, 15) is 14.4 Å². The number of hydrogen-bond acceptors (Lipinski definition) is 6. The van der Waals surface area contributed by atoms with Crippen molar-refractivity contribution < 1.29 is 29.0 Å². The fourth-order valence-corrected chi connectivity index (χ4v) is 7.46. The van der Waals surface area contributed by atoms with Crippen molar-refractivity contribution >= 4 is 33.7 Å². The Balaban J connectivity index is 1.94. The van der Waals surface area contributed by atoms with Crippen LogP contribution >= 0.6 is 15.9 Å². The third kappa shape index (κ3) is 5.16. The molecule has 3 aliphatic rings. The highest BCUT2D eigenvalue weighted by molar-refractivity contribution is 9.09. The number of halogens is 1. The molecular formula is C25H41BrN2O6. The Morgan fingerprint density at radius 1 is 1.24 bits per heavy atom. The summed E-state index contributed by atoms with van der Waals surface area (Å²) < 4.78 is 11.8. The lowest BCUT2D eigenvalue weighted by Gasteiger charge is -2.38. The van der Waals surface area contributed by atoms with Crippen LogP contribution in [-0.2, 0) is 23.9 Å². The number of fused-ring (bicyclic) bond motifs is 1. The summed E-state index contributed by atoms with van der Waals surface area (Å²) in [5.74, 6) is -2.35. The third-order valence-electron chi connectivity index (χ3n) is 7.09. The Labute approximate surface area is 211 Å². The largest absolute Gasteiger partial charge is 0.466 e. The summed E-state index contributed by atoms with van der Waals surface area (Å²) >= 11 is 3.66. The molecular weight excluding hydrogens is 504 g/mol. The van der Waals surface area contributed by atoms with Gasteiger partial charge in [-0.1, -0.05) is 36.7 Å². The summed E-state index contributed by atoms with van der Waals surface area (Å²) in [6, 6.07) is -0.817. The number of nitrogens with zero attached hydrogens (tertiary/aromatic N) is 1. The van der Waals surface area contributed by atoms with E-state index in [1.807, 2.05) is 13.8 Å². The van der Waals surface area contributed by atoms with Gasteiger partial charge in [0.2, 0.25) is 11.8 Å². The number of alkyl halides is 1. The number of carbonyl (C=O) groups is 3. The van der Waals surface area contributed by atoms with Gasteiger partial charge in [0.05, 0.1) is 24.5 Å². The van der Waals surface area contributed by atoms with E-state index >= 15 is 0 Å². The Kier molecular flexibility index (Phi) is 8.10. The Bertz CT molecular complexity index is 797. The van der Waals surface area contributed by atoms with E-state index in [2.05, 4.69) is 42.0 Å². The van der Waals surface area contributed by atoms with Crippen LogP contribution in [0.1, 0.15) is 73.6 Å². The molecule has 8 nitrogen and oxygen atoms in total. The summed E-state index contributed by atoms with van der Waals surface area (Å²) in [5.41, 5.74) is -1.54. The van der Waals surface area contributed by atoms with E-state index in [-0.39, 0.29) is 35.3 Å². The van der Waals surface area contributed by atoms with Crippen molar-refractivity contribution in [2.45, 2.75) is 102 Å². The zero-order valence-electron chi connectivity index (χ0n) is 21.4. The minimum Gasteiger partial charge on any atom is -0.466 e.